The molecule has 2 aromatic carbocycles. The number of benzene rings is 2. The topological polar surface area (TPSA) is 49.7 Å². The van der Waals surface area contributed by atoms with Crippen molar-refractivity contribution in [2.75, 3.05) is 16.4 Å². The van der Waals surface area contributed by atoms with Crippen LogP contribution in [0.5, 0.6) is 0 Å². The number of halogens is 1. The molecule has 1 saturated heterocycles. The number of amidine groups is 1. The van der Waals surface area contributed by atoms with Crippen LogP contribution in [0.3, 0.4) is 0 Å². The fourth-order valence-electron chi connectivity index (χ4n) is 3.37. The zero-order valence-electron chi connectivity index (χ0n) is 14.3. The van der Waals surface area contributed by atoms with Crippen LogP contribution in [0.15, 0.2) is 53.5 Å². The van der Waals surface area contributed by atoms with E-state index in [9.17, 15) is 8.42 Å². The Labute approximate surface area is 163 Å². The molecule has 4 nitrogen and oxygen atoms in total. The van der Waals surface area contributed by atoms with E-state index >= 15 is 0 Å². The molecule has 7 heteroatoms. The lowest BCUT2D eigenvalue weighted by molar-refractivity contribution is 0.601. The number of aryl methyl sites for hydroxylation is 1. The molecule has 2 aliphatic heterocycles. The van der Waals surface area contributed by atoms with Crippen molar-refractivity contribution >= 4 is 44.1 Å². The van der Waals surface area contributed by atoms with Crippen LogP contribution in [-0.4, -0.2) is 37.2 Å². The molecule has 0 N–H and O–H groups in total. The second kappa shape index (κ2) is 6.91. The van der Waals surface area contributed by atoms with Gasteiger partial charge in [-0.25, -0.2) is 8.42 Å². The number of aliphatic imine (C=N–C) groups is 1. The van der Waals surface area contributed by atoms with Crippen molar-refractivity contribution in [1.82, 2.24) is 0 Å². The number of hydrogen-bond donors (Lipinski definition) is 0. The van der Waals surface area contributed by atoms with Crippen molar-refractivity contribution in [3.63, 3.8) is 0 Å². The maximum atomic E-state index is 12.1. The van der Waals surface area contributed by atoms with E-state index in [1.54, 1.807) is 11.8 Å². The Hall–Kier alpha value is -1.50. The highest BCUT2D eigenvalue weighted by molar-refractivity contribution is 8.13. The largest absolute Gasteiger partial charge is 0.315 e. The summed E-state index contributed by atoms with van der Waals surface area (Å²) in [5.74, 6) is 1.09. The highest BCUT2D eigenvalue weighted by atomic mass is 35.5. The minimum atomic E-state index is -3.03. The van der Waals surface area contributed by atoms with Crippen LogP contribution in [0.4, 0.5) is 5.69 Å². The van der Waals surface area contributed by atoms with Crippen molar-refractivity contribution in [3.05, 3.63) is 64.7 Å². The zero-order chi connectivity index (χ0) is 18.3. The van der Waals surface area contributed by atoms with Gasteiger partial charge in [0, 0.05) is 16.5 Å². The quantitative estimate of drug-likeness (QED) is 0.775. The van der Waals surface area contributed by atoms with Crippen LogP contribution in [0.1, 0.15) is 11.1 Å². The van der Waals surface area contributed by atoms with Crippen LogP contribution in [-0.2, 0) is 15.6 Å². The van der Waals surface area contributed by atoms with Gasteiger partial charge in [0.2, 0.25) is 0 Å². The molecule has 2 heterocycles. The van der Waals surface area contributed by atoms with Crippen molar-refractivity contribution in [2.24, 2.45) is 4.99 Å². The summed E-state index contributed by atoms with van der Waals surface area (Å²) in [5.41, 5.74) is 3.40. The molecule has 136 valence electrons. The smallest absolute Gasteiger partial charge is 0.164 e. The lowest BCUT2D eigenvalue weighted by Crippen LogP contribution is -2.39. The van der Waals surface area contributed by atoms with E-state index < -0.39 is 9.84 Å². The molecule has 2 atom stereocenters. The fourth-order valence-corrected chi connectivity index (χ4v) is 6.42. The summed E-state index contributed by atoms with van der Waals surface area (Å²) in [5, 5.41) is 1.55. The lowest BCUT2D eigenvalue weighted by Gasteiger charge is -2.26. The molecule has 0 amide bonds. The lowest BCUT2D eigenvalue weighted by atomic mass is 10.1. The molecule has 0 aromatic heterocycles. The van der Waals surface area contributed by atoms with Crippen LogP contribution >= 0.6 is 23.4 Å². The van der Waals surface area contributed by atoms with Gasteiger partial charge < -0.3 is 4.90 Å². The Balaban J connectivity index is 1.60. The number of nitrogens with zero attached hydrogens (tertiary/aromatic N) is 2. The van der Waals surface area contributed by atoms with Crippen LogP contribution in [0, 0.1) is 6.92 Å². The number of fused-ring (bicyclic) bond motifs is 1. The number of rotatable bonds is 3. The molecule has 1 fully saturated rings. The molecule has 0 unspecified atom stereocenters. The Kier molecular flexibility index (Phi) is 4.75. The molecule has 0 bridgehead atoms. The van der Waals surface area contributed by atoms with Crippen LogP contribution in [0.25, 0.3) is 0 Å². The summed E-state index contributed by atoms with van der Waals surface area (Å²) in [6.07, 6.45) is 0. The summed E-state index contributed by atoms with van der Waals surface area (Å²) in [7, 11) is -3.03. The maximum absolute atomic E-state index is 12.1. The van der Waals surface area contributed by atoms with Crippen LogP contribution < -0.4 is 4.90 Å². The molecular weight excluding hydrogens is 388 g/mol. The SMILES string of the molecule is Cc1ccc(CSC2=N[C@@H]3CS(=O)(=O)C[C@@H]3N2c2ccc(Cl)cc2)cc1. The van der Waals surface area contributed by atoms with E-state index in [-0.39, 0.29) is 23.6 Å². The van der Waals surface area contributed by atoms with Gasteiger partial charge in [-0.1, -0.05) is 53.2 Å². The predicted octanol–water partition coefficient (Wildman–Crippen LogP) is 3.92. The summed E-state index contributed by atoms with van der Waals surface area (Å²) in [4.78, 5) is 6.83. The van der Waals surface area contributed by atoms with Gasteiger partial charge in [-0.15, -0.1) is 0 Å². The average Bonchev–Trinajstić information content (AvgIpc) is 3.06. The van der Waals surface area contributed by atoms with E-state index in [1.165, 1.54) is 11.1 Å². The van der Waals surface area contributed by atoms with Gasteiger partial charge in [0.05, 0.1) is 23.6 Å². The minimum Gasteiger partial charge on any atom is -0.315 e. The van der Waals surface area contributed by atoms with Gasteiger partial charge in [0.15, 0.2) is 15.0 Å². The minimum absolute atomic E-state index is 0.123. The van der Waals surface area contributed by atoms with Crippen molar-refractivity contribution in [1.29, 1.82) is 0 Å². The van der Waals surface area contributed by atoms with Gasteiger partial charge in [-0.3, -0.25) is 4.99 Å². The summed E-state index contributed by atoms with van der Waals surface area (Å²) in [6.45, 7) is 2.07. The molecule has 0 radical (unpaired) electrons. The first kappa shape index (κ1) is 17.9. The van der Waals surface area contributed by atoms with Gasteiger partial charge in [-0.2, -0.15) is 0 Å². The summed E-state index contributed by atoms with van der Waals surface area (Å²) in [6, 6.07) is 15.7. The second-order valence-corrected chi connectivity index (χ2v) is 10.3. The Bertz CT molecular complexity index is 941. The Morgan fingerprint density at radius 1 is 1.12 bits per heavy atom. The highest BCUT2D eigenvalue weighted by Crippen LogP contribution is 2.36. The number of thioether (sulfide) groups is 1. The fraction of sp³-hybridized carbons (Fsp3) is 0.316. The first-order chi connectivity index (χ1) is 12.4. The van der Waals surface area contributed by atoms with E-state index in [1.807, 2.05) is 24.3 Å². The molecule has 0 aliphatic carbocycles. The second-order valence-electron chi connectivity index (χ2n) is 6.74. The molecule has 0 spiro atoms. The van der Waals surface area contributed by atoms with Gasteiger partial charge in [0.25, 0.3) is 0 Å². The summed E-state index contributed by atoms with van der Waals surface area (Å²) >= 11 is 7.67. The third-order valence-corrected chi connectivity index (χ3v) is 7.69. The molecule has 26 heavy (non-hydrogen) atoms. The number of sulfone groups is 1. The molecule has 4 rings (SSSR count). The van der Waals surface area contributed by atoms with Gasteiger partial charge in [-0.05, 0) is 36.8 Å². The van der Waals surface area contributed by atoms with E-state index in [0.717, 1.165) is 16.6 Å². The Morgan fingerprint density at radius 2 is 1.81 bits per heavy atom. The predicted molar refractivity (Wildman–Crippen MR) is 110 cm³/mol. The van der Waals surface area contributed by atoms with Crippen molar-refractivity contribution in [2.45, 2.75) is 24.8 Å². The summed E-state index contributed by atoms with van der Waals surface area (Å²) < 4.78 is 24.1. The number of anilines is 1. The van der Waals surface area contributed by atoms with Crippen molar-refractivity contribution < 1.29 is 8.42 Å². The van der Waals surface area contributed by atoms with E-state index in [4.69, 9.17) is 16.6 Å². The van der Waals surface area contributed by atoms with E-state index in [0.29, 0.717) is 5.02 Å². The van der Waals surface area contributed by atoms with E-state index in [2.05, 4.69) is 36.1 Å². The molecular formula is C19H19ClN2O2S2. The Morgan fingerprint density at radius 3 is 2.50 bits per heavy atom. The first-order valence-electron chi connectivity index (χ1n) is 8.43. The average molecular weight is 407 g/mol. The van der Waals surface area contributed by atoms with Gasteiger partial charge >= 0.3 is 0 Å². The molecule has 0 saturated carbocycles. The molecule has 2 aromatic rings. The standard InChI is InChI=1S/C19H19ClN2O2S2/c1-13-2-4-14(5-3-13)10-25-19-21-17-11-26(23,24)12-18(17)22(19)16-8-6-15(20)7-9-16/h2-9,17-18H,10-12H2,1H3/t17-,18+/m1/s1. The highest BCUT2D eigenvalue weighted by Gasteiger charge is 2.47. The third-order valence-electron chi connectivity index (χ3n) is 4.70. The third kappa shape index (κ3) is 3.63. The number of hydrogen-bond acceptors (Lipinski definition) is 5. The van der Waals surface area contributed by atoms with Gasteiger partial charge in [0.1, 0.15) is 0 Å². The zero-order valence-corrected chi connectivity index (χ0v) is 16.7. The maximum Gasteiger partial charge on any atom is 0.164 e. The van der Waals surface area contributed by atoms with Crippen LogP contribution in [0.2, 0.25) is 5.02 Å². The normalized spacial score (nSPS) is 23.8. The van der Waals surface area contributed by atoms with Crippen molar-refractivity contribution in [3.8, 4) is 0 Å². The monoisotopic (exact) mass is 406 g/mol. The molecule has 2 aliphatic rings. The first-order valence-corrected chi connectivity index (χ1v) is 11.6.